The molecule has 0 spiro atoms. The maximum atomic E-state index is 12.4. The van der Waals surface area contributed by atoms with Gasteiger partial charge in [0.1, 0.15) is 11.5 Å². The van der Waals surface area contributed by atoms with Crippen molar-refractivity contribution in [1.82, 2.24) is 5.32 Å². The van der Waals surface area contributed by atoms with Crippen LogP contribution in [0.5, 0.6) is 11.5 Å². The lowest BCUT2D eigenvalue weighted by Gasteiger charge is -2.31. The Kier molecular flexibility index (Phi) is 6.33. The Morgan fingerprint density at radius 1 is 1.15 bits per heavy atom. The first kappa shape index (κ1) is 16.8. The van der Waals surface area contributed by atoms with Gasteiger partial charge in [-0.3, -0.25) is 4.79 Å². The van der Waals surface area contributed by atoms with Crippen molar-refractivity contribution in [2.75, 3.05) is 19.5 Å². The molecule has 1 rings (SSSR count). The highest BCUT2D eigenvalue weighted by Crippen LogP contribution is 2.24. The second-order valence-electron chi connectivity index (χ2n) is 4.68. The van der Waals surface area contributed by atoms with E-state index in [1.807, 2.05) is 0 Å². The van der Waals surface area contributed by atoms with E-state index in [0.29, 0.717) is 17.1 Å². The molecule has 0 radical (unpaired) electrons. The topological polar surface area (TPSA) is 47.6 Å². The van der Waals surface area contributed by atoms with Gasteiger partial charge in [0.15, 0.2) is 0 Å². The van der Waals surface area contributed by atoms with E-state index in [2.05, 4.69) is 35.1 Å². The summed E-state index contributed by atoms with van der Waals surface area (Å²) in [6.07, 6.45) is 1.73. The number of ether oxygens (including phenoxy) is 2. The van der Waals surface area contributed by atoms with Gasteiger partial charge in [-0.2, -0.15) is 0 Å². The SMILES string of the molecule is CCC(CC)(CBr)NC(=O)c1cc(OC)cc(OC)c1. The highest BCUT2D eigenvalue weighted by molar-refractivity contribution is 9.09. The van der Waals surface area contributed by atoms with Gasteiger partial charge in [-0.1, -0.05) is 29.8 Å². The highest BCUT2D eigenvalue weighted by Gasteiger charge is 2.27. The average Bonchev–Trinajstić information content (AvgIpc) is 2.51. The Morgan fingerprint density at radius 2 is 1.65 bits per heavy atom. The maximum absolute atomic E-state index is 12.4. The van der Waals surface area contributed by atoms with Gasteiger partial charge in [0.25, 0.3) is 5.91 Å². The number of alkyl halides is 1. The fourth-order valence-electron chi connectivity index (χ4n) is 1.90. The van der Waals surface area contributed by atoms with Crippen LogP contribution in [0.3, 0.4) is 0 Å². The average molecular weight is 344 g/mol. The van der Waals surface area contributed by atoms with E-state index < -0.39 is 0 Å². The molecule has 1 aromatic rings. The molecule has 0 fully saturated rings. The van der Waals surface area contributed by atoms with Gasteiger partial charge in [-0.15, -0.1) is 0 Å². The molecule has 0 saturated heterocycles. The molecule has 20 heavy (non-hydrogen) atoms. The standard InChI is InChI=1S/C15H22BrNO3/c1-5-15(6-2,10-16)17-14(18)11-7-12(19-3)9-13(8-11)20-4/h7-9H,5-6,10H2,1-4H3,(H,17,18). The van der Waals surface area contributed by atoms with Gasteiger partial charge >= 0.3 is 0 Å². The van der Waals surface area contributed by atoms with Gasteiger partial charge < -0.3 is 14.8 Å². The molecule has 5 heteroatoms. The van der Waals surface area contributed by atoms with Crippen LogP contribution in [0, 0.1) is 0 Å². The molecule has 4 nitrogen and oxygen atoms in total. The molecule has 0 unspecified atom stereocenters. The van der Waals surface area contributed by atoms with Crippen LogP contribution in [-0.2, 0) is 0 Å². The lowest BCUT2D eigenvalue weighted by molar-refractivity contribution is 0.0903. The summed E-state index contributed by atoms with van der Waals surface area (Å²) in [5.74, 6) is 1.09. The van der Waals surface area contributed by atoms with Crippen LogP contribution < -0.4 is 14.8 Å². The molecule has 0 aromatic heterocycles. The summed E-state index contributed by atoms with van der Waals surface area (Å²) in [4.78, 5) is 12.4. The first-order chi connectivity index (χ1) is 9.53. The third-order valence-corrected chi connectivity index (χ3v) is 4.68. The van der Waals surface area contributed by atoms with E-state index in [-0.39, 0.29) is 11.4 Å². The van der Waals surface area contributed by atoms with Crippen molar-refractivity contribution < 1.29 is 14.3 Å². The zero-order valence-corrected chi connectivity index (χ0v) is 14.0. The summed E-state index contributed by atoms with van der Waals surface area (Å²) in [6, 6.07) is 5.17. The molecule has 1 amide bonds. The van der Waals surface area contributed by atoms with Crippen molar-refractivity contribution in [3.8, 4) is 11.5 Å². The molecule has 1 N–H and O–H groups in total. The highest BCUT2D eigenvalue weighted by atomic mass is 79.9. The van der Waals surface area contributed by atoms with Gasteiger partial charge in [-0.25, -0.2) is 0 Å². The first-order valence-corrected chi connectivity index (χ1v) is 7.77. The van der Waals surface area contributed by atoms with Crippen LogP contribution >= 0.6 is 15.9 Å². The molecule has 0 atom stereocenters. The first-order valence-electron chi connectivity index (χ1n) is 6.65. The molecule has 1 aromatic carbocycles. The second kappa shape index (κ2) is 7.53. The van der Waals surface area contributed by atoms with Gasteiger partial charge in [0.2, 0.25) is 0 Å². The van der Waals surface area contributed by atoms with E-state index in [1.54, 1.807) is 32.4 Å². The number of carbonyl (C=O) groups excluding carboxylic acids is 1. The molecule has 0 aliphatic heterocycles. The van der Waals surface area contributed by atoms with Crippen molar-refractivity contribution in [2.45, 2.75) is 32.2 Å². The number of methoxy groups -OCH3 is 2. The van der Waals surface area contributed by atoms with Crippen LogP contribution in [0.4, 0.5) is 0 Å². The van der Waals surface area contributed by atoms with Crippen molar-refractivity contribution >= 4 is 21.8 Å². The van der Waals surface area contributed by atoms with Crippen molar-refractivity contribution in [3.05, 3.63) is 23.8 Å². The van der Waals surface area contributed by atoms with Gasteiger partial charge in [-0.05, 0) is 25.0 Å². The predicted octanol–water partition coefficient (Wildman–Crippen LogP) is 3.39. The third-order valence-electron chi connectivity index (χ3n) is 3.60. The Morgan fingerprint density at radius 3 is 2.00 bits per heavy atom. The molecule has 0 bridgehead atoms. The molecule has 0 heterocycles. The van der Waals surface area contributed by atoms with Crippen molar-refractivity contribution in [3.63, 3.8) is 0 Å². The molecule has 0 saturated carbocycles. The summed E-state index contributed by atoms with van der Waals surface area (Å²) in [6.45, 7) is 4.13. The number of nitrogens with one attached hydrogen (secondary N) is 1. The molecule has 0 aliphatic carbocycles. The van der Waals surface area contributed by atoms with E-state index >= 15 is 0 Å². The molecular formula is C15H22BrNO3. The number of benzene rings is 1. The smallest absolute Gasteiger partial charge is 0.252 e. The number of rotatable bonds is 7. The summed E-state index contributed by atoms with van der Waals surface area (Å²) in [5, 5.41) is 3.82. The Bertz CT molecular complexity index is 428. The van der Waals surface area contributed by atoms with Crippen molar-refractivity contribution in [2.24, 2.45) is 0 Å². The summed E-state index contributed by atoms with van der Waals surface area (Å²) < 4.78 is 10.4. The van der Waals surface area contributed by atoms with E-state index in [9.17, 15) is 4.79 Å². The number of carbonyl (C=O) groups is 1. The zero-order chi connectivity index (χ0) is 15.2. The second-order valence-corrected chi connectivity index (χ2v) is 5.24. The number of halogens is 1. The van der Waals surface area contributed by atoms with Crippen LogP contribution in [-0.4, -0.2) is 31.0 Å². The molecular weight excluding hydrogens is 322 g/mol. The molecule has 0 aliphatic rings. The minimum absolute atomic E-state index is 0.120. The number of hydrogen-bond acceptors (Lipinski definition) is 3. The van der Waals surface area contributed by atoms with Gasteiger partial charge in [0.05, 0.1) is 14.2 Å². The Hall–Kier alpha value is -1.23. The van der Waals surface area contributed by atoms with Crippen LogP contribution in [0.25, 0.3) is 0 Å². The van der Waals surface area contributed by atoms with E-state index in [0.717, 1.165) is 18.2 Å². The van der Waals surface area contributed by atoms with Crippen molar-refractivity contribution in [1.29, 1.82) is 0 Å². The number of amides is 1. The zero-order valence-electron chi connectivity index (χ0n) is 12.5. The Balaban J connectivity index is 3.02. The lowest BCUT2D eigenvalue weighted by atomic mass is 9.95. The fraction of sp³-hybridized carbons (Fsp3) is 0.533. The summed E-state index contributed by atoms with van der Waals surface area (Å²) in [5.41, 5.74) is 0.307. The Labute approximate surface area is 129 Å². The monoisotopic (exact) mass is 343 g/mol. The van der Waals surface area contributed by atoms with Crippen LogP contribution in [0.15, 0.2) is 18.2 Å². The van der Waals surface area contributed by atoms with Crippen LogP contribution in [0.1, 0.15) is 37.0 Å². The normalized spacial score (nSPS) is 11.1. The van der Waals surface area contributed by atoms with Crippen LogP contribution in [0.2, 0.25) is 0 Å². The minimum Gasteiger partial charge on any atom is -0.497 e. The number of hydrogen-bond donors (Lipinski definition) is 1. The van der Waals surface area contributed by atoms with E-state index in [1.165, 1.54) is 0 Å². The quantitative estimate of drug-likeness (QED) is 0.772. The third kappa shape index (κ3) is 3.88. The lowest BCUT2D eigenvalue weighted by Crippen LogP contribution is -2.49. The van der Waals surface area contributed by atoms with Gasteiger partial charge in [0, 0.05) is 22.5 Å². The fourth-order valence-corrected chi connectivity index (χ4v) is 2.83. The minimum atomic E-state index is -0.229. The van der Waals surface area contributed by atoms with E-state index in [4.69, 9.17) is 9.47 Å². The maximum Gasteiger partial charge on any atom is 0.252 e. The predicted molar refractivity (Wildman–Crippen MR) is 84.1 cm³/mol. The summed E-state index contributed by atoms with van der Waals surface area (Å²) >= 11 is 3.49. The molecule has 112 valence electrons. The summed E-state index contributed by atoms with van der Waals surface area (Å²) in [7, 11) is 3.13. The largest absolute Gasteiger partial charge is 0.497 e.